The van der Waals surface area contributed by atoms with Crippen molar-refractivity contribution in [1.82, 2.24) is 19.7 Å². The van der Waals surface area contributed by atoms with Crippen LogP contribution in [0.4, 0.5) is 0 Å². The van der Waals surface area contributed by atoms with Gasteiger partial charge in [-0.15, -0.1) is 11.3 Å². The summed E-state index contributed by atoms with van der Waals surface area (Å²) in [5.41, 5.74) is 1.58. The van der Waals surface area contributed by atoms with Crippen molar-refractivity contribution in [2.75, 3.05) is 13.1 Å². The number of amides is 1. The first kappa shape index (κ1) is 17.1. The van der Waals surface area contributed by atoms with Crippen molar-refractivity contribution in [3.8, 4) is 0 Å². The molecule has 0 unspecified atom stereocenters. The SMILES string of the molecule is Cc1cnc([C@H]2CCCN(C(=O)c3cc(C(C)(C)C)nn3C)C2)s1. The standard InChI is InChI=1S/C18H26N4OS/c1-12-10-19-16(24-12)13-7-6-8-22(11-13)17(23)14-9-15(18(2,3)4)20-21(14)5/h9-10,13H,6-8,11H2,1-5H3/t13-/m0/s1. The Kier molecular flexibility index (Phi) is 4.51. The van der Waals surface area contributed by atoms with E-state index in [4.69, 9.17) is 0 Å². The highest BCUT2D eigenvalue weighted by molar-refractivity contribution is 7.11. The second-order valence-electron chi connectivity index (χ2n) is 7.69. The monoisotopic (exact) mass is 346 g/mol. The molecule has 1 aliphatic rings. The van der Waals surface area contributed by atoms with Crippen LogP contribution in [0.15, 0.2) is 12.3 Å². The minimum absolute atomic E-state index is 0.0564. The third kappa shape index (κ3) is 3.38. The Morgan fingerprint density at radius 2 is 2.12 bits per heavy atom. The molecule has 0 bridgehead atoms. The van der Waals surface area contributed by atoms with Crippen LogP contribution in [0.3, 0.4) is 0 Å². The Morgan fingerprint density at radius 3 is 2.71 bits per heavy atom. The van der Waals surface area contributed by atoms with Gasteiger partial charge in [0.1, 0.15) is 5.69 Å². The highest BCUT2D eigenvalue weighted by atomic mass is 32.1. The Bertz CT molecular complexity index is 741. The van der Waals surface area contributed by atoms with Gasteiger partial charge in [0.05, 0.1) is 10.7 Å². The van der Waals surface area contributed by atoms with E-state index in [1.54, 1.807) is 16.0 Å². The van der Waals surface area contributed by atoms with E-state index >= 15 is 0 Å². The second-order valence-corrected chi connectivity index (χ2v) is 8.95. The molecule has 3 rings (SSSR count). The topological polar surface area (TPSA) is 51.0 Å². The van der Waals surface area contributed by atoms with Crippen LogP contribution in [0.25, 0.3) is 0 Å². The number of likely N-dealkylation sites (tertiary alicyclic amines) is 1. The zero-order valence-corrected chi connectivity index (χ0v) is 16.0. The molecule has 0 radical (unpaired) electrons. The van der Waals surface area contributed by atoms with Crippen LogP contribution < -0.4 is 0 Å². The zero-order valence-electron chi connectivity index (χ0n) is 15.2. The predicted molar refractivity (Wildman–Crippen MR) is 96.6 cm³/mol. The largest absolute Gasteiger partial charge is 0.337 e. The third-order valence-electron chi connectivity index (χ3n) is 4.56. The molecule has 1 atom stereocenters. The highest BCUT2D eigenvalue weighted by Gasteiger charge is 2.30. The molecule has 0 aromatic carbocycles. The van der Waals surface area contributed by atoms with Crippen LogP contribution >= 0.6 is 11.3 Å². The number of carbonyl (C=O) groups is 1. The Balaban J connectivity index is 1.78. The molecule has 0 spiro atoms. The fourth-order valence-electron chi connectivity index (χ4n) is 3.12. The number of aryl methyl sites for hydroxylation is 2. The highest BCUT2D eigenvalue weighted by Crippen LogP contribution is 2.30. The molecule has 0 N–H and O–H groups in total. The molecule has 5 nitrogen and oxygen atoms in total. The van der Waals surface area contributed by atoms with Gasteiger partial charge in [-0.2, -0.15) is 5.10 Å². The maximum absolute atomic E-state index is 13.0. The van der Waals surface area contributed by atoms with Crippen molar-refractivity contribution in [1.29, 1.82) is 0 Å². The number of thiazole rings is 1. The number of nitrogens with zero attached hydrogens (tertiary/aromatic N) is 4. The summed E-state index contributed by atoms with van der Waals surface area (Å²) in [4.78, 5) is 20.7. The molecule has 6 heteroatoms. The molecule has 1 fully saturated rings. The van der Waals surface area contributed by atoms with Gasteiger partial charge < -0.3 is 4.90 Å². The van der Waals surface area contributed by atoms with E-state index in [0.29, 0.717) is 11.6 Å². The minimum Gasteiger partial charge on any atom is -0.337 e. The minimum atomic E-state index is -0.0564. The Labute approximate surface area is 147 Å². The van der Waals surface area contributed by atoms with Crippen LogP contribution in [0.5, 0.6) is 0 Å². The van der Waals surface area contributed by atoms with Crippen molar-refractivity contribution < 1.29 is 4.79 Å². The molecular weight excluding hydrogens is 320 g/mol. The molecule has 130 valence electrons. The number of hydrogen-bond acceptors (Lipinski definition) is 4. The van der Waals surface area contributed by atoms with Gasteiger partial charge >= 0.3 is 0 Å². The number of carbonyl (C=O) groups excluding carboxylic acids is 1. The third-order valence-corrected chi connectivity index (χ3v) is 5.64. The van der Waals surface area contributed by atoms with E-state index in [0.717, 1.165) is 36.6 Å². The van der Waals surface area contributed by atoms with Gasteiger partial charge in [0, 0.05) is 42.5 Å². The lowest BCUT2D eigenvalue weighted by Crippen LogP contribution is -2.39. The van der Waals surface area contributed by atoms with Crippen LogP contribution in [0.1, 0.15) is 65.6 Å². The maximum Gasteiger partial charge on any atom is 0.272 e. The number of aromatic nitrogens is 3. The van der Waals surface area contributed by atoms with Gasteiger partial charge in [-0.05, 0) is 25.8 Å². The molecule has 3 heterocycles. The number of hydrogen-bond donors (Lipinski definition) is 0. The van der Waals surface area contributed by atoms with Crippen molar-refractivity contribution in [3.05, 3.63) is 33.5 Å². The van der Waals surface area contributed by atoms with Crippen molar-refractivity contribution in [3.63, 3.8) is 0 Å². The van der Waals surface area contributed by atoms with Gasteiger partial charge in [-0.3, -0.25) is 9.48 Å². The van der Waals surface area contributed by atoms with E-state index in [-0.39, 0.29) is 11.3 Å². The average Bonchev–Trinajstić information content (AvgIpc) is 3.12. The first-order valence-electron chi connectivity index (χ1n) is 8.52. The summed E-state index contributed by atoms with van der Waals surface area (Å²) in [5, 5.41) is 5.69. The van der Waals surface area contributed by atoms with E-state index in [1.165, 1.54) is 4.88 Å². The van der Waals surface area contributed by atoms with Gasteiger partial charge in [0.25, 0.3) is 5.91 Å². The number of piperidine rings is 1. The summed E-state index contributed by atoms with van der Waals surface area (Å²) >= 11 is 1.75. The Hall–Kier alpha value is -1.69. The Morgan fingerprint density at radius 1 is 1.38 bits per heavy atom. The zero-order chi connectivity index (χ0) is 17.5. The van der Waals surface area contributed by atoms with Crippen molar-refractivity contribution >= 4 is 17.2 Å². The lowest BCUT2D eigenvalue weighted by molar-refractivity contribution is 0.0696. The summed E-state index contributed by atoms with van der Waals surface area (Å²) in [6.07, 6.45) is 4.06. The van der Waals surface area contributed by atoms with Crippen molar-refractivity contribution in [2.45, 2.75) is 51.9 Å². The van der Waals surface area contributed by atoms with Crippen LogP contribution in [-0.2, 0) is 12.5 Å². The van der Waals surface area contributed by atoms with Gasteiger partial charge in [-0.1, -0.05) is 20.8 Å². The summed E-state index contributed by atoms with van der Waals surface area (Å²) < 4.78 is 1.72. The molecule has 2 aromatic rings. The average molecular weight is 347 g/mol. The van der Waals surface area contributed by atoms with Crippen LogP contribution in [-0.4, -0.2) is 38.7 Å². The molecule has 0 saturated carbocycles. The fourth-order valence-corrected chi connectivity index (χ4v) is 4.02. The smallest absolute Gasteiger partial charge is 0.272 e. The molecule has 2 aromatic heterocycles. The van der Waals surface area contributed by atoms with E-state index in [9.17, 15) is 4.79 Å². The van der Waals surface area contributed by atoms with Crippen LogP contribution in [0, 0.1) is 6.92 Å². The second kappa shape index (κ2) is 6.31. The summed E-state index contributed by atoms with van der Waals surface area (Å²) in [6, 6.07) is 1.94. The first-order chi connectivity index (χ1) is 11.3. The van der Waals surface area contributed by atoms with Gasteiger partial charge in [-0.25, -0.2) is 4.98 Å². The van der Waals surface area contributed by atoms with Gasteiger partial charge in [0.2, 0.25) is 0 Å². The van der Waals surface area contributed by atoms with Gasteiger partial charge in [0.15, 0.2) is 0 Å². The maximum atomic E-state index is 13.0. The quantitative estimate of drug-likeness (QED) is 0.836. The summed E-state index contributed by atoms with van der Waals surface area (Å²) in [7, 11) is 1.86. The molecule has 1 aliphatic heterocycles. The molecule has 1 amide bonds. The van der Waals surface area contributed by atoms with E-state index < -0.39 is 0 Å². The molecule has 1 saturated heterocycles. The van der Waals surface area contributed by atoms with Crippen molar-refractivity contribution in [2.24, 2.45) is 7.05 Å². The summed E-state index contributed by atoms with van der Waals surface area (Å²) in [6.45, 7) is 10.00. The van der Waals surface area contributed by atoms with E-state index in [2.05, 4.69) is 37.8 Å². The lowest BCUT2D eigenvalue weighted by atomic mass is 9.92. The van der Waals surface area contributed by atoms with E-state index in [1.807, 2.05) is 24.2 Å². The molecule has 0 aliphatic carbocycles. The van der Waals surface area contributed by atoms with Crippen LogP contribution in [0.2, 0.25) is 0 Å². The normalized spacial score (nSPS) is 18.9. The predicted octanol–water partition coefficient (Wildman–Crippen LogP) is 3.50. The fraction of sp³-hybridized carbons (Fsp3) is 0.611. The number of rotatable bonds is 2. The molecule has 24 heavy (non-hydrogen) atoms. The lowest BCUT2D eigenvalue weighted by Gasteiger charge is -2.31. The molecular formula is C18H26N4OS. The summed E-state index contributed by atoms with van der Waals surface area (Å²) in [5.74, 6) is 0.440. The first-order valence-corrected chi connectivity index (χ1v) is 9.33.